The molecule has 0 heterocycles. The summed E-state index contributed by atoms with van der Waals surface area (Å²) in [5.74, 6) is 6.64. The van der Waals surface area contributed by atoms with Crippen molar-refractivity contribution in [1.29, 1.82) is 0 Å². The van der Waals surface area contributed by atoms with Gasteiger partial charge in [0.1, 0.15) is 0 Å². The van der Waals surface area contributed by atoms with E-state index in [1.807, 2.05) is 0 Å². The molecule has 3 heteroatoms. The van der Waals surface area contributed by atoms with Crippen molar-refractivity contribution in [3.63, 3.8) is 0 Å². The third kappa shape index (κ3) is 6.57. The zero-order valence-corrected chi connectivity index (χ0v) is 32.4. The Morgan fingerprint density at radius 3 is 2.10 bits per heavy atom. The summed E-state index contributed by atoms with van der Waals surface area (Å²) >= 11 is -2.31. The van der Waals surface area contributed by atoms with Crippen LogP contribution in [0, 0.1) is 52.3 Å². The van der Waals surface area contributed by atoms with Gasteiger partial charge < -0.3 is 0 Å². The first-order valence-electron chi connectivity index (χ1n) is 17.4. The zero-order valence-electron chi connectivity index (χ0n) is 28.5. The Morgan fingerprint density at radius 1 is 0.846 bits per heavy atom. The van der Waals surface area contributed by atoms with Crippen molar-refractivity contribution in [2.24, 2.45) is 52.3 Å². The van der Waals surface area contributed by atoms with E-state index in [2.05, 4.69) is 76.0 Å². The van der Waals surface area contributed by atoms with E-state index in [9.17, 15) is 0 Å². The van der Waals surface area contributed by atoms with Crippen molar-refractivity contribution in [3.8, 4) is 0 Å². The first-order valence-corrected chi connectivity index (χ1v) is 30.9. The minimum atomic E-state index is -2.31. The van der Waals surface area contributed by atoms with E-state index in [0.717, 1.165) is 41.4 Å². The van der Waals surface area contributed by atoms with Crippen LogP contribution in [0.1, 0.15) is 119 Å². The molecule has 0 spiro atoms. The van der Waals surface area contributed by atoms with E-state index in [-0.39, 0.29) is 0 Å². The van der Waals surface area contributed by atoms with Crippen LogP contribution in [0.3, 0.4) is 0 Å². The van der Waals surface area contributed by atoms with Gasteiger partial charge in [0, 0.05) is 0 Å². The molecule has 4 fully saturated rings. The third-order valence-electron chi connectivity index (χ3n) is 13.3. The Morgan fingerprint density at radius 2 is 1.49 bits per heavy atom. The summed E-state index contributed by atoms with van der Waals surface area (Å²) in [6.45, 7) is 22.9. The normalized spacial score (nSPS) is 40.4. The summed E-state index contributed by atoms with van der Waals surface area (Å²) in [6.07, 6.45) is 17.9. The predicted octanol–water partition coefficient (Wildman–Crippen LogP) is 11.5. The Bertz CT molecular complexity index is 879. The molecule has 4 aliphatic carbocycles. The number of ether oxygens (including phenoxy) is 1. The summed E-state index contributed by atoms with van der Waals surface area (Å²) in [7, 11) is -1.33. The molecule has 9 atom stereocenters. The molecular formula is C36H68OSiSn. The molecule has 4 rings (SSSR count). The second-order valence-corrected chi connectivity index (χ2v) is 37.5. The van der Waals surface area contributed by atoms with Gasteiger partial charge in [-0.3, -0.25) is 0 Å². The van der Waals surface area contributed by atoms with Crippen molar-refractivity contribution < 1.29 is 4.74 Å². The number of rotatable bonds is 9. The number of fused-ring (bicyclic) bond motifs is 5. The second-order valence-electron chi connectivity index (χ2n) is 18.2. The van der Waals surface area contributed by atoms with Crippen molar-refractivity contribution in [2.45, 2.75) is 159 Å². The topological polar surface area (TPSA) is 9.23 Å². The molecule has 0 amide bonds. The number of hydrogen-bond acceptors (Lipinski definition) is 1. The Balaban J connectivity index is 1.44. The van der Waals surface area contributed by atoms with Gasteiger partial charge in [-0.15, -0.1) is 0 Å². The second kappa shape index (κ2) is 11.9. The molecule has 0 saturated heterocycles. The fraction of sp³-hybridized carbons (Fsp3) is 0.944. The van der Waals surface area contributed by atoms with E-state index in [4.69, 9.17) is 4.74 Å². The molecule has 226 valence electrons. The standard InChI is InChI=1S/C33H59OSi.3CH3.Sn/c1-23(2)11-10-12-24(3)29-15-16-30-28-14-13-26-21-27(34-22-25(4)35(7,8)9)17-19-32(26,5)31(28)18-20-33(29,30)6;;;;/h23-24,26-31H,10-21H2,1-9H3;3*1H3;/t24-,26+,27+,28+,29-,30+,31+,32+,33-;;;;/m1..../s1. The molecule has 0 bridgehead atoms. The molecule has 0 radical (unpaired) electrons. The van der Waals surface area contributed by atoms with Gasteiger partial charge in [0.25, 0.3) is 0 Å². The first kappa shape index (κ1) is 32.5. The van der Waals surface area contributed by atoms with E-state index in [1.54, 1.807) is 8.97 Å². The van der Waals surface area contributed by atoms with Crippen LogP contribution in [-0.4, -0.2) is 32.6 Å². The van der Waals surface area contributed by atoms with E-state index in [0.29, 0.717) is 16.9 Å². The van der Waals surface area contributed by atoms with Crippen LogP contribution in [0.5, 0.6) is 0 Å². The molecule has 1 nitrogen and oxygen atoms in total. The van der Waals surface area contributed by atoms with Crippen LogP contribution < -0.4 is 0 Å². The van der Waals surface area contributed by atoms with Crippen molar-refractivity contribution in [3.05, 3.63) is 8.97 Å². The molecule has 0 N–H and O–H groups in total. The maximum absolute atomic E-state index is 7.15. The third-order valence-corrected chi connectivity index (χ3v) is 21.7. The molecule has 0 unspecified atom stereocenters. The maximum atomic E-state index is 7.15. The summed E-state index contributed by atoms with van der Waals surface area (Å²) in [5, 5.41) is 1.67. The van der Waals surface area contributed by atoms with E-state index < -0.39 is 26.5 Å². The van der Waals surface area contributed by atoms with Crippen LogP contribution in [0.25, 0.3) is 0 Å². The summed E-state index contributed by atoms with van der Waals surface area (Å²) in [4.78, 5) is 7.72. The van der Waals surface area contributed by atoms with Crippen molar-refractivity contribution >= 4 is 26.5 Å². The van der Waals surface area contributed by atoms with Gasteiger partial charge in [0.2, 0.25) is 0 Å². The number of allylic oxidation sites excluding steroid dienone is 1. The van der Waals surface area contributed by atoms with Crippen molar-refractivity contribution in [2.75, 3.05) is 0 Å². The quantitative estimate of drug-likeness (QED) is 0.176. The Hall–Kier alpha value is 0.556. The summed E-state index contributed by atoms with van der Waals surface area (Å²) in [5.41, 5.74) is 1.18. The van der Waals surface area contributed by atoms with Gasteiger partial charge in [-0.2, -0.15) is 0 Å². The van der Waals surface area contributed by atoms with Crippen LogP contribution in [0.2, 0.25) is 34.5 Å². The summed E-state index contributed by atoms with van der Waals surface area (Å²) in [6, 6.07) is 0. The first-order chi connectivity index (χ1) is 18.0. The minimum absolute atomic E-state index is 0.480. The van der Waals surface area contributed by atoms with Crippen LogP contribution in [0.15, 0.2) is 8.97 Å². The zero-order chi connectivity index (χ0) is 29.0. The number of hydrogen-bond donors (Lipinski definition) is 0. The average Bonchev–Trinajstić information content (AvgIpc) is 3.17. The van der Waals surface area contributed by atoms with Crippen LogP contribution in [0.4, 0.5) is 0 Å². The molecular weight excluding hydrogens is 595 g/mol. The average molecular weight is 664 g/mol. The molecule has 0 aliphatic heterocycles. The van der Waals surface area contributed by atoms with Crippen molar-refractivity contribution in [1.82, 2.24) is 0 Å². The Labute approximate surface area is 250 Å². The Kier molecular flexibility index (Phi) is 9.92. The molecule has 4 saturated carbocycles. The van der Waals surface area contributed by atoms with Gasteiger partial charge in [-0.25, -0.2) is 0 Å². The predicted molar refractivity (Wildman–Crippen MR) is 177 cm³/mol. The summed E-state index contributed by atoms with van der Waals surface area (Å²) < 4.78 is 8.69. The molecule has 0 aromatic rings. The SMILES string of the molecule is C/C(=[C](/O[C@H]1CC[C@@]2(C)[C@@H](CC[C@@H]3[C@@H]2CC[C@]2(C)[C@@H]([C@H](C)CCCC(C)C)CC[C@@H]32)C1)[Sn]([CH3])([CH3])[CH3])[Si](C)(C)C. The van der Waals surface area contributed by atoms with Crippen LogP contribution in [-0.2, 0) is 4.74 Å². The fourth-order valence-electron chi connectivity index (χ4n) is 10.7. The van der Waals surface area contributed by atoms with E-state index in [1.165, 1.54) is 77.0 Å². The fourth-order valence-corrected chi connectivity index (χ4v) is 21.8. The molecule has 39 heavy (non-hydrogen) atoms. The monoisotopic (exact) mass is 664 g/mol. The van der Waals surface area contributed by atoms with Gasteiger partial charge in [-0.05, 0) is 5.92 Å². The molecule has 0 aromatic heterocycles. The van der Waals surface area contributed by atoms with Gasteiger partial charge >= 0.3 is 206 Å². The molecule has 0 aromatic carbocycles. The van der Waals surface area contributed by atoms with Gasteiger partial charge in [0.15, 0.2) is 0 Å². The van der Waals surface area contributed by atoms with Gasteiger partial charge in [-0.1, -0.05) is 40.0 Å². The van der Waals surface area contributed by atoms with Crippen LogP contribution >= 0.6 is 0 Å². The van der Waals surface area contributed by atoms with Gasteiger partial charge in [0.05, 0.1) is 0 Å². The van der Waals surface area contributed by atoms with E-state index >= 15 is 0 Å². The molecule has 4 aliphatic rings.